The highest BCUT2D eigenvalue weighted by molar-refractivity contribution is 5.33. The molecular formula is C16H25NO. The van der Waals surface area contributed by atoms with Gasteiger partial charge in [0.25, 0.3) is 0 Å². The molecule has 1 aromatic rings. The Hall–Kier alpha value is -0.860. The zero-order valence-electron chi connectivity index (χ0n) is 11.8. The highest BCUT2D eigenvalue weighted by Gasteiger charge is 2.33. The van der Waals surface area contributed by atoms with Crippen LogP contribution in [-0.2, 0) is 15.6 Å². The summed E-state index contributed by atoms with van der Waals surface area (Å²) in [5.74, 6) is 0. The van der Waals surface area contributed by atoms with Gasteiger partial charge in [-0.3, -0.25) is 0 Å². The van der Waals surface area contributed by atoms with E-state index in [9.17, 15) is 0 Å². The van der Waals surface area contributed by atoms with E-state index in [1.165, 1.54) is 11.1 Å². The van der Waals surface area contributed by atoms with Gasteiger partial charge in [-0.15, -0.1) is 0 Å². The van der Waals surface area contributed by atoms with Crippen molar-refractivity contribution >= 4 is 0 Å². The third-order valence-corrected chi connectivity index (χ3v) is 4.20. The lowest BCUT2D eigenvalue weighted by molar-refractivity contribution is 0.0529. The van der Waals surface area contributed by atoms with Gasteiger partial charge in [0.15, 0.2) is 0 Å². The van der Waals surface area contributed by atoms with Crippen LogP contribution >= 0.6 is 0 Å². The summed E-state index contributed by atoms with van der Waals surface area (Å²) in [6, 6.07) is 9.03. The van der Waals surface area contributed by atoms with Gasteiger partial charge in [0.05, 0.1) is 0 Å². The van der Waals surface area contributed by atoms with E-state index in [1.54, 1.807) is 0 Å². The van der Waals surface area contributed by atoms with Crippen LogP contribution in [0.25, 0.3) is 0 Å². The summed E-state index contributed by atoms with van der Waals surface area (Å²) in [4.78, 5) is 0. The minimum absolute atomic E-state index is 0.134. The molecule has 0 amide bonds. The van der Waals surface area contributed by atoms with Crippen molar-refractivity contribution in [1.29, 1.82) is 0 Å². The van der Waals surface area contributed by atoms with Crippen LogP contribution in [-0.4, -0.2) is 19.8 Å². The standard InChI is InChI=1S/C16H25NO/c1-15(2,3)13-4-6-14(7-5-13)16(12-17)8-10-18-11-9-16/h4-7H,8-12,17H2,1-3H3. The van der Waals surface area contributed by atoms with E-state index in [4.69, 9.17) is 10.5 Å². The van der Waals surface area contributed by atoms with Crippen LogP contribution in [0.4, 0.5) is 0 Å². The zero-order valence-corrected chi connectivity index (χ0v) is 11.8. The summed E-state index contributed by atoms with van der Waals surface area (Å²) in [5.41, 5.74) is 9.14. The van der Waals surface area contributed by atoms with Crippen molar-refractivity contribution in [3.05, 3.63) is 35.4 Å². The molecule has 0 radical (unpaired) electrons. The molecule has 2 nitrogen and oxygen atoms in total. The Labute approximate surface area is 111 Å². The van der Waals surface area contributed by atoms with Crippen LogP contribution in [0.5, 0.6) is 0 Å². The van der Waals surface area contributed by atoms with E-state index in [2.05, 4.69) is 45.0 Å². The van der Waals surface area contributed by atoms with Crippen molar-refractivity contribution in [3.63, 3.8) is 0 Å². The molecule has 1 saturated heterocycles. The first-order chi connectivity index (χ1) is 8.48. The monoisotopic (exact) mass is 247 g/mol. The van der Waals surface area contributed by atoms with E-state index in [1.807, 2.05) is 0 Å². The van der Waals surface area contributed by atoms with Crippen LogP contribution in [0.1, 0.15) is 44.7 Å². The molecule has 1 aliphatic heterocycles. The van der Waals surface area contributed by atoms with Gasteiger partial charge in [0.1, 0.15) is 0 Å². The molecule has 2 rings (SSSR count). The highest BCUT2D eigenvalue weighted by atomic mass is 16.5. The van der Waals surface area contributed by atoms with Crippen LogP contribution in [0.3, 0.4) is 0 Å². The predicted octanol–water partition coefficient (Wildman–Crippen LogP) is 2.99. The Morgan fingerprint density at radius 1 is 1.11 bits per heavy atom. The number of benzene rings is 1. The maximum atomic E-state index is 6.04. The van der Waals surface area contributed by atoms with Crippen molar-refractivity contribution in [3.8, 4) is 0 Å². The second-order valence-corrected chi connectivity index (χ2v) is 6.42. The average molecular weight is 247 g/mol. The van der Waals surface area contributed by atoms with E-state index < -0.39 is 0 Å². The van der Waals surface area contributed by atoms with Gasteiger partial charge < -0.3 is 10.5 Å². The molecule has 0 saturated carbocycles. The maximum Gasteiger partial charge on any atom is 0.0475 e. The highest BCUT2D eigenvalue weighted by Crippen LogP contribution is 2.35. The molecule has 0 aromatic heterocycles. The van der Waals surface area contributed by atoms with Gasteiger partial charge in [-0.1, -0.05) is 45.0 Å². The first-order valence-corrected chi connectivity index (χ1v) is 6.87. The number of hydrogen-bond donors (Lipinski definition) is 1. The van der Waals surface area contributed by atoms with E-state index in [0.29, 0.717) is 6.54 Å². The fourth-order valence-corrected chi connectivity index (χ4v) is 2.70. The Morgan fingerprint density at radius 3 is 2.11 bits per heavy atom. The number of nitrogens with two attached hydrogens (primary N) is 1. The molecule has 0 spiro atoms. The summed E-state index contributed by atoms with van der Waals surface area (Å²) in [6.45, 7) is 9.11. The van der Waals surface area contributed by atoms with Gasteiger partial charge in [0, 0.05) is 25.2 Å². The first kappa shape index (κ1) is 13.6. The Kier molecular flexibility index (Phi) is 3.79. The summed E-state index contributed by atoms with van der Waals surface area (Å²) >= 11 is 0. The maximum absolute atomic E-state index is 6.04. The lowest BCUT2D eigenvalue weighted by Crippen LogP contribution is -2.40. The lowest BCUT2D eigenvalue weighted by atomic mass is 9.73. The van der Waals surface area contributed by atoms with Gasteiger partial charge in [-0.2, -0.15) is 0 Å². The van der Waals surface area contributed by atoms with Gasteiger partial charge in [-0.05, 0) is 29.4 Å². The quantitative estimate of drug-likeness (QED) is 0.872. The molecule has 18 heavy (non-hydrogen) atoms. The summed E-state index contributed by atoms with van der Waals surface area (Å²) in [7, 11) is 0. The Morgan fingerprint density at radius 2 is 1.67 bits per heavy atom. The molecule has 1 fully saturated rings. The predicted molar refractivity (Wildman–Crippen MR) is 75.9 cm³/mol. The second kappa shape index (κ2) is 5.02. The molecule has 100 valence electrons. The van der Waals surface area contributed by atoms with E-state index >= 15 is 0 Å². The molecular weight excluding hydrogens is 222 g/mol. The van der Waals surface area contributed by atoms with Gasteiger partial charge in [0.2, 0.25) is 0 Å². The third-order valence-electron chi connectivity index (χ3n) is 4.20. The third kappa shape index (κ3) is 2.60. The van der Waals surface area contributed by atoms with Crippen molar-refractivity contribution in [2.75, 3.05) is 19.8 Å². The molecule has 2 heteroatoms. The van der Waals surface area contributed by atoms with Gasteiger partial charge in [-0.25, -0.2) is 0 Å². The average Bonchev–Trinajstić information content (AvgIpc) is 2.39. The van der Waals surface area contributed by atoms with Crippen LogP contribution < -0.4 is 5.73 Å². The van der Waals surface area contributed by atoms with Gasteiger partial charge >= 0.3 is 0 Å². The zero-order chi connectivity index (χ0) is 13.2. The van der Waals surface area contributed by atoms with E-state index in [-0.39, 0.29) is 10.8 Å². The second-order valence-electron chi connectivity index (χ2n) is 6.42. The minimum Gasteiger partial charge on any atom is -0.381 e. The van der Waals surface area contributed by atoms with Crippen molar-refractivity contribution < 1.29 is 4.74 Å². The molecule has 1 aromatic carbocycles. The molecule has 1 aliphatic rings. The Bertz CT molecular complexity index is 383. The fourth-order valence-electron chi connectivity index (χ4n) is 2.70. The minimum atomic E-state index is 0.134. The largest absolute Gasteiger partial charge is 0.381 e. The summed E-state index contributed by atoms with van der Waals surface area (Å²) < 4.78 is 5.47. The normalized spacial score (nSPS) is 19.8. The number of ether oxygens (including phenoxy) is 1. The summed E-state index contributed by atoms with van der Waals surface area (Å²) in [6.07, 6.45) is 2.08. The molecule has 1 heterocycles. The molecule has 2 N–H and O–H groups in total. The number of hydrogen-bond acceptors (Lipinski definition) is 2. The Balaban J connectivity index is 2.27. The topological polar surface area (TPSA) is 35.2 Å². The van der Waals surface area contributed by atoms with Crippen LogP contribution in [0, 0.1) is 0 Å². The van der Waals surface area contributed by atoms with Crippen LogP contribution in [0.15, 0.2) is 24.3 Å². The van der Waals surface area contributed by atoms with Crippen molar-refractivity contribution in [2.45, 2.75) is 44.4 Å². The molecule has 0 atom stereocenters. The first-order valence-electron chi connectivity index (χ1n) is 6.87. The SMILES string of the molecule is CC(C)(C)c1ccc(C2(CN)CCOCC2)cc1. The fraction of sp³-hybridized carbons (Fsp3) is 0.625. The molecule has 0 bridgehead atoms. The smallest absolute Gasteiger partial charge is 0.0475 e. The summed E-state index contributed by atoms with van der Waals surface area (Å²) in [5, 5.41) is 0. The van der Waals surface area contributed by atoms with Crippen LogP contribution in [0.2, 0.25) is 0 Å². The molecule has 0 unspecified atom stereocenters. The van der Waals surface area contributed by atoms with Crippen molar-refractivity contribution in [2.24, 2.45) is 5.73 Å². The van der Waals surface area contributed by atoms with Crippen molar-refractivity contribution in [1.82, 2.24) is 0 Å². The number of rotatable bonds is 2. The molecule has 0 aliphatic carbocycles. The van der Waals surface area contributed by atoms with E-state index in [0.717, 1.165) is 26.1 Å². The lowest BCUT2D eigenvalue weighted by Gasteiger charge is -2.37.